The fourth-order valence-electron chi connectivity index (χ4n) is 2.55. The van der Waals surface area contributed by atoms with Crippen LogP contribution in [0.1, 0.15) is 10.5 Å². The van der Waals surface area contributed by atoms with Crippen molar-refractivity contribution in [3.8, 4) is 0 Å². The standard InChI is InChI=1S/C13H12ClN7O/c1-18-13-15-2-3-19(13)4-5-21(18)12(22)10-6-11-16-7-9(14)8-20(11)17-10/h2-3,6-8H,4-5H2,1H3. The van der Waals surface area contributed by atoms with E-state index >= 15 is 0 Å². The number of halogens is 1. The molecule has 112 valence electrons. The summed E-state index contributed by atoms with van der Waals surface area (Å²) < 4.78 is 3.50. The molecule has 9 heteroatoms. The summed E-state index contributed by atoms with van der Waals surface area (Å²) in [6.45, 7) is 1.25. The quantitative estimate of drug-likeness (QED) is 0.672. The second kappa shape index (κ2) is 4.70. The maximum absolute atomic E-state index is 12.7. The van der Waals surface area contributed by atoms with Crippen molar-refractivity contribution in [3.05, 3.63) is 41.6 Å². The molecule has 0 spiro atoms. The van der Waals surface area contributed by atoms with Crippen molar-refractivity contribution >= 4 is 29.1 Å². The Morgan fingerprint density at radius 1 is 1.32 bits per heavy atom. The predicted molar refractivity (Wildman–Crippen MR) is 79.7 cm³/mol. The van der Waals surface area contributed by atoms with Gasteiger partial charge in [0.15, 0.2) is 11.3 Å². The number of carbonyl (C=O) groups excluding carboxylic acids is 1. The highest BCUT2D eigenvalue weighted by Gasteiger charge is 2.28. The number of hydrazine groups is 1. The highest BCUT2D eigenvalue weighted by atomic mass is 35.5. The Morgan fingerprint density at radius 3 is 3.05 bits per heavy atom. The molecule has 0 N–H and O–H groups in total. The van der Waals surface area contributed by atoms with Crippen LogP contribution in [0.2, 0.25) is 5.02 Å². The molecule has 8 nitrogen and oxygen atoms in total. The number of anilines is 1. The van der Waals surface area contributed by atoms with E-state index in [1.54, 1.807) is 35.5 Å². The van der Waals surface area contributed by atoms with E-state index in [1.165, 1.54) is 10.7 Å². The topological polar surface area (TPSA) is 71.6 Å². The van der Waals surface area contributed by atoms with Crippen molar-refractivity contribution in [1.29, 1.82) is 0 Å². The van der Waals surface area contributed by atoms with E-state index in [0.29, 0.717) is 29.5 Å². The van der Waals surface area contributed by atoms with Crippen molar-refractivity contribution in [2.75, 3.05) is 18.6 Å². The molecule has 0 saturated heterocycles. The van der Waals surface area contributed by atoms with E-state index in [0.717, 1.165) is 5.95 Å². The molecule has 0 fully saturated rings. The summed E-state index contributed by atoms with van der Waals surface area (Å²) >= 11 is 5.89. The number of fused-ring (bicyclic) bond motifs is 2. The SMILES string of the molecule is CN1c2nccn2CCN1C(=O)c1cc2ncc(Cl)cn2n1. The van der Waals surface area contributed by atoms with Gasteiger partial charge in [-0.05, 0) is 0 Å². The first-order chi connectivity index (χ1) is 10.6. The van der Waals surface area contributed by atoms with Gasteiger partial charge in [-0.1, -0.05) is 11.6 Å². The Kier molecular flexibility index (Phi) is 2.80. The molecule has 0 aliphatic carbocycles. The van der Waals surface area contributed by atoms with Crippen LogP contribution in [-0.2, 0) is 6.54 Å². The molecule has 4 rings (SSSR count). The highest BCUT2D eigenvalue weighted by molar-refractivity contribution is 6.30. The van der Waals surface area contributed by atoms with Crippen LogP contribution in [0.5, 0.6) is 0 Å². The zero-order valence-corrected chi connectivity index (χ0v) is 12.5. The first-order valence-corrected chi connectivity index (χ1v) is 7.09. The van der Waals surface area contributed by atoms with Crippen LogP contribution >= 0.6 is 11.6 Å². The van der Waals surface area contributed by atoms with E-state index < -0.39 is 0 Å². The van der Waals surface area contributed by atoms with Gasteiger partial charge in [0.05, 0.1) is 17.8 Å². The number of aromatic nitrogens is 5. The van der Waals surface area contributed by atoms with Crippen LogP contribution in [-0.4, -0.2) is 48.7 Å². The number of imidazole rings is 1. The normalized spacial score (nSPS) is 14.5. The Labute approximate surface area is 130 Å². The number of rotatable bonds is 1. The molecular weight excluding hydrogens is 306 g/mol. The molecule has 3 aromatic rings. The molecule has 1 aliphatic heterocycles. The van der Waals surface area contributed by atoms with Gasteiger partial charge in [-0.15, -0.1) is 0 Å². The average molecular weight is 318 g/mol. The smallest absolute Gasteiger partial charge is 0.293 e. The fraction of sp³-hybridized carbons (Fsp3) is 0.231. The number of hydrogen-bond donors (Lipinski definition) is 0. The predicted octanol–water partition coefficient (Wildman–Crippen LogP) is 1.09. The van der Waals surface area contributed by atoms with Crippen LogP contribution < -0.4 is 5.01 Å². The number of nitrogens with zero attached hydrogens (tertiary/aromatic N) is 7. The minimum atomic E-state index is -0.196. The summed E-state index contributed by atoms with van der Waals surface area (Å²) in [4.78, 5) is 21.1. The van der Waals surface area contributed by atoms with Crippen molar-refractivity contribution in [1.82, 2.24) is 29.2 Å². The first-order valence-electron chi connectivity index (χ1n) is 6.71. The Balaban J connectivity index is 1.68. The van der Waals surface area contributed by atoms with E-state index in [1.807, 2.05) is 10.8 Å². The van der Waals surface area contributed by atoms with Gasteiger partial charge in [0, 0.05) is 38.2 Å². The molecule has 0 saturated carbocycles. The lowest BCUT2D eigenvalue weighted by atomic mass is 10.3. The van der Waals surface area contributed by atoms with Crippen molar-refractivity contribution in [3.63, 3.8) is 0 Å². The molecule has 22 heavy (non-hydrogen) atoms. The van der Waals surface area contributed by atoms with Gasteiger partial charge in [-0.3, -0.25) is 9.80 Å². The Morgan fingerprint density at radius 2 is 2.18 bits per heavy atom. The average Bonchev–Trinajstić information content (AvgIpc) is 3.12. The molecule has 0 bridgehead atoms. The lowest BCUT2D eigenvalue weighted by molar-refractivity contribution is 0.0710. The first kappa shape index (κ1) is 13.1. The molecule has 3 aromatic heterocycles. The van der Waals surface area contributed by atoms with Gasteiger partial charge in [0.2, 0.25) is 5.95 Å². The second-order valence-electron chi connectivity index (χ2n) is 4.98. The van der Waals surface area contributed by atoms with E-state index in [4.69, 9.17) is 11.6 Å². The molecule has 1 amide bonds. The third-order valence-corrected chi connectivity index (χ3v) is 3.83. The van der Waals surface area contributed by atoms with Crippen LogP contribution in [0.25, 0.3) is 5.65 Å². The van der Waals surface area contributed by atoms with Crippen LogP contribution in [0.4, 0.5) is 5.95 Å². The van der Waals surface area contributed by atoms with Gasteiger partial charge in [-0.25, -0.2) is 19.5 Å². The Bertz CT molecular complexity index is 870. The zero-order valence-electron chi connectivity index (χ0n) is 11.7. The van der Waals surface area contributed by atoms with Gasteiger partial charge in [0.25, 0.3) is 5.91 Å². The van der Waals surface area contributed by atoms with Crippen molar-refractivity contribution in [2.24, 2.45) is 0 Å². The molecule has 0 atom stereocenters. The monoisotopic (exact) mass is 317 g/mol. The summed E-state index contributed by atoms with van der Waals surface area (Å²) in [5.41, 5.74) is 0.899. The minimum absolute atomic E-state index is 0.196. The largest absolute Gasteiger partial charge is 0.314 e. The summed E-state index contributed by atoms with van der Waals surface area (Å²) in [6.07, 6.45) is 6.76. The van der Waals surface area contributed by atoms with Crippen LogP contribution in [0, 0.1) is 0 Å². The van der Waals surface area contributed by atoms with Crippen LogP contribution in [0.3, 0.4) is 0 Å². The summed E-state index contributed by atoms with van der Waals surface area (Å²) in [5.74, 6) is 0.530. The molecule has 0 radical (unpaired) electrons. The summed E-state index contributed by atoms with van der Waals surface area (Å²) in [5, 5.41) is 8.07. The third-order valence-electron chi connectivity index (χ3n) is 3.63. The molecule has 4 heterocycles. The number of amides is 1. The zero-order chi connectivity index (χ0) is 15.3. The molecule has 0 unspecified atom stereocenters. The second-order valence-corrected chi connectivity index (χ2v) is 5.41. The van der Waals surface area contributed by atoms with Gasteiger partial charge < -0.3 is 4.57 Å². The summed E-state index contributed by atoms with van der Waals surface area (Å²) in [7, 11) is 1.81. The maximum Gasteiger partial charge on any atom is 0.293 e. The summed E-state index contributed by atoms with van der Waals surface area (Å²) in [6, 6.07) is 1.65. The maximum atomic E-state index is 12.7. The van der Waals surface area contributed by atoms with Crippen molar-refractivity contribution < 1.29 is 4.79 Å². The highest BCUT2D eigenvalue weighted by Crippen LogP contribution is 2.20. The van der Waals surface area contributed by atoms with E-state index in [-0.39, 0.29) is 5.91 Å². The van der Waals surface area contributed by atoms with Gasteiger partial charge >= 0.3 is 0 Å². The Hall–Kier alpha value is -2.61. The molecular formula is C13H12ClN7O. The third kappa shape index (κ3) is 1.92. The lowest BCUT2D eigenvalue weighted by Gasteiger charge is -2.36. The number of hydrogen-bond acceptors (Lipinski definition) is 5. The molecule has 0 aromatic carbocycles. The lowest BCUT2D eigenvalue weighted by Crippen LogP contribution is -2.50. The molecule has 1 aliphatic rings. The van der Waals surface area contributed by atoms with Crippen LogP contribution in [0.15, 0.2) is 30.9 Å². The fourth-order valence-corrected chi connectivity index (χ4v) is 2.70. The van der Waals surface area contributed by atoms with E-state index in [2.05, 4.69) is 15.1 Å². The van der Waals surface area contributed by atoms with E-state index in [9.17, 15) is 4.79 Å². The minimum Gasteiger partial charge on any atom is -0.314 e. The number of carbonyl (C=O) groups is 1. The van der Waals surface area contributed by atoms with Gasteiger partial charge in [0.1, 0.15) is 0 Å². The van der Waals surface area contributed by atoms with Crippen molar-refractivity contribution in [2.45, 2.75) is 6.54 Å². The van der Waals surface area contributed by atoms with Gasteiger partial charge in [-0.2, -0.15) is 5.10 Å².